The largest absolute Gasteiger partial charge is 0.508 e. The maximum Gasteiger partial charge on any atom is 0.276 e. The molecule has 1 fully saturated rings. The Kier molecular flexibility index (Phi) is 5.86. The number of nitrogens with one attached hydrogen (secondary N) is 1. The normalized spacial score (nSPS) is 18.8. The van der Waals surface area contributed by atoms with Crippen molar-refractivity contribution in [2.24, 2.45) is 0 Å². The van der Waals surface area contributed by atoms with E-state index in [1.807, 2.05) is 0 Å². The highest BCUT2D eigenvalue weighted by Gasteiger charge is 2.49. The third kappa shape index (κ3) is 4.01. The zero-order valence-corrected chi connectivity index (χ0v) is 16.4. The molecule has 2 atom stereocenters. The number of aromatic hydroxyl groups is 1. The Hall–Kier alpha value is -1.93. The van der Waals surface area contributed by atoms with Crippen LogP contribution >= 0.6 is 46.4 Å². The van der Waals surface area contributed by atoms with Crippen LogP contribution in [-0.4, -0.2) is 38.9 Å². The third-order valence-electron chi connectivity index (χ3n) is 3.72. The average Bonchev–Trinajstić information content (AvgIpc) is 2.64. The second-order valence-corrected chi connectivity index (χ2v) is 7.13. The van der Waals surface area contributed by atoms with Crippen molar-refractivity contribution in [1.29, 1.82) is 0 Å². The van der Waals surface area contributed by atoms with Gasteiger partial charge in [-0.2, -0.15) is 4.98 Å². The van der Waals surface area contributed by atoms with E-state index in [4.69, 9.17) is 51.1 Å². The molecular formula is C16H11Cl4N3O4. The van der Waals surface area contributed by atoms with Gasteiger partial charge >= 0.3 is 0 Å². The molecule has 0 saturated carbocycles. The number of carbonyl (C=O) groups excluding carboxylic acids is 2. The van der Waals surface area contributed by atoms with Crippen LogP contribution in [0.5, 0.6) is 11.6 Å². The van der Waals surface area contributed by atoms with E-state index in [9.17, 15) is 14.7 Å². The predicted molar refractivity (Wildman–Crippen MR) is 100 cm³/mol. The molecule has 2 aromatic rings. The lowest BCUT2D eigenvalue weighted by Gasteiger charge is -2.43. The number of para-hydroxylation sites is 1. The lowest BCUT2D eigenvalue weighted by molar-refractivity contribution is -0.157. The van der Waals surface area contributed by atoms with Gasteiger partial charge in [-0.15, -0.1) is 11.6 Å². The fourth-order valence-electron chi connectivity index (χ4n) is 2.44. The van der Waals surface area contributed by atoms with Crippen molar-refractivity contribution in [3.8, 4) is 11.6 Å². The number of phenols is 1. The Bertz CT molecular complexity index is 911. The number of phenolic OH excluding ortho intramolecular Hbond substituents is 1. The molecule has 0 radical (unpaired) electrons. The maximum absolute atomic E-state index is 12.1. The van der Waals surface area contributed by atoms with Gasteiger partial charge < -0.3 is 9.84 Å². The fraction of sp³-hybridized carbons (Fsp3) is 0.188. The molecule has 1 aromatic heterocycles. The van der Waals surface area contributed by atoms with Gasteiger partial charge in [-0.3, -0.25) is 15.0 Å². The van der Waals surface area contributed by atoms with Crippen molar-refractivity contribution in [1.82, 2.24) is 15.4 Å². The molecule has 2 heterocycles. The zero-order chi connectivity index (χ0) is 19.7. The number of pyridine rings is 1. The summed E-state index contributed by atoms with van der Waals surface area (Å²) in [6, 6.07) is 7.00. The molecule has 27 heavy (non-hydrogen) atoms. The van der Waals surface area contributed by atoms with Crippen LogP contribution in [0.25, 0.3) is 0 Å². The van der Waals surface area contributed by atoms with Crippen molar-refractivity contribution >= 4 is 58.2 Å². The number of alkyl halides is 1. The Labute approximate surface area is 173 Å². The van der Waals surface area contributed by atoms with Gasteiger partial charge in [-0.25, -0.2) is 5.01 Å². The Balaban J connectivity index is 1.66. The summed E-state index contributed by atoms with van der Waals surface area (Å²) in [5.74, 6) is -1.29. The van der Waals surface area contributed by atoms with Gasteiger partial charge in [-0.1, -0.05) is 53.0 Å². The SMILES string of the molecule is O=C(COc1nc(Cl)c(Cl)cc1Cl)NN1C(=O)C(Cl)C1c1ccccc1O. The Morgan fingerprint density at radius 3 is 2.67 bits per heavy atom. The van der Waals surface area contributed by atoms with Crippen LogP contribution in [0.2, 0.25) is 15.2 Å². The number of aromatic nitrogens is 1. The van der Waals surface area contributed by atoms with Crippen LogP contribution in [0, 0.1) is 0 Å². The number of hydrazine groups is 1. The molecule has 1 saturated heterocycles. The van der Waals surface area contributed by atoms with Crippen molar-refractivity contribution < 1.29 is 19.4 Å². The van der Waals surface area contributed by atoms with Crippen LogP contribution in [0.3, 0.4) is 0 Å². The molecule has 2 N–H and O–H groups in total. The molecule has 1 aliphatic rings. The molecule has 142 valence electrons. The molecule has 2 amide bonds. The fourth-order valence-corrected chi connectivity index (χ4v) is 3.34. The highest BCUT2D eigenvalue weighted by atomic mass is 35.5. The lowest BCUT2D eigenvalue weighted by atomic mass is 9.94. The molecule has 3 rings (SSSR count). The minimum absolute atomic E-state index is 0.0287. The summed E-state index contributed by atoms with van der Waals surface area (Å²) >= 11 is 23.5. The minimum atomic E-state index is -0.911. The molecule has 2 unspecified atom stereocenters. The maximum atomic E-state index is 12.1. The van der Waals surface area contributed by atoms with Crippen LogP contribution < -0.4 is 10.2 Å². The number of carbonyl (C=O) groups is 2. The van der Waals surface area contributed by atoms with Crippen molar-refractivity contribution in [3.63, 3.8) is 0 Å². The van der Waals surface area contributed by atoms with Gasteiger partial charge in [-0.05, 0) is 12.1 Å². The molecule has 0 spiro atoms. The number of β-lactam (4-membered cyclic amide) rings is 1. The number of nitrogens with zero attached hydrogens (tertiary/aromatic N) is 2. The number of benzene rings is 1. The molecule has 7 nitrogen and oxygen atoms in total. The van der Waals surface area contributed by atoms with E-state index in [2.05, 4.69) is 10.4 Å². The van der Waals surface area contributed by atoms with Crippen LogP contribution in [0.1, 0.15) is 11.6 Å². The van der Waals surface area contributed by atoms with Crippen LogP contribution in [0.15, 0.2) is 30.3 Å². The molecule has 0 aliphatic carbocycles. The molecule has 1 aliphatic heterocycles. The van der Waals surface area contributed by atoms with Gasteiger partial charge in [0.15, 0.2) is 11.8 Å². The van der Waals surface area contributed by atoms with Crippen LogP contribution in [-0.2, 0) is 9.59 Å². The average molecular weight is 451 g/mol. The second-order valence-electron chi connectivity index (χ2n) is 5.49. The van der Waals surface area contributed by atoms with Gasteiger partial charge in [0.1, 0.15) is 22.2 Å². The van der Waals surface area contributed by atoms with E-state index < -0.39 is 29.8 Å². The summed E-state index contributed by atoms with van der Waals surface area (Å²) in [6.07, 6.45) is 0. The standard InChI is InChI=1S/C16H11Cl4N3O4/c17-8-5-9(18)15(21-14(8)20)27-6-11(25)22-23-13(12(19)16(23)26)7-3-1-2-4-10(7)24/h1-5,12-13,24H,6H2,(H,22,25). The first-order valence-corrected chi connectivity index (χ1v) is 9.05. The Morgan fingerprint density at radius 1 is 1.26 bits per heavy atom. The van der Waals surface area contributed by atoms with Gasteiger partial charge in [0.2, 0.25) is 5.88 Å². The summed E-state index contributed by atoms with van der Waals surface area (Å²) < 4.78 is 5.21. The van der Waals surface area contributed by atoms with Crippen LogP contribution in [0.4, 0.5) is 0 Å². The van der Waals surface area contributed by atoms with Crippen molar-refractivity contribution in [3.05, 3.63) is 51.1 Å². The number of rotatable bonds is 5. The van der Waals surface area contributed by atoms with E-state index in [-0.39, 0.29) is 26.8 Å². The Morgan fingerprint density at radius 2 is 1.96 bits per heavy atom. The number of hydrogen-bond acceptors (Lipinski definition) is 5. The van der Waals surface area contributed by atoms with E-state index in [1.165, 1.54) is 12.1 Å². The molecular weight excluding hydrogens is 440 g/mol. The zero-order valence-electron chi connectivity index (χ0n) is 13.3. The van der Waals surface area contributed by atoms with Gasteiger partial charge in [0.05, 0.1) is 5.02 Å². The molecule has 1 aromatic carbocycles. The van der Waals surface area contributed by atoms with E-state index in [1.54, 1.807) is 18.2 Å². The number of halogens is 4. The first-order chi connectivity index (χ1) is 12.8. The lowest BCUT2D eigenvalue weighted by Crippen LogP contribution is -2.63. The van der Waals surface area contributed by atoms with Gasteiger partial charge in [0.25, 0.3) is 11.8 Å². The summed E-state index contributed by atoms with van der Waals surface area (Å²) in [6.45, 7) is -0.491. The summed E-state index contributed by atoms with van der Waals surface area (Å²) in [4.78, 5) is 27.9. The summed E-state index contributed by atoms with van der Waals surface area (Å²) in [7, 11) is 0. The second kappa shape index (κ2) is 7.98. The smallest absolute Gasteiger partial charge is 0.276 e. The molecule has 0 bridgehead atoms. The topological polar surface area (TPSA) is 91.8 Å². The van der Waals surface area contributed by atoms with E-state index in [0.29, 0.717) is 5.56 Å². The highest BCUT2D eigenvalue weighted by Crippen LogP contribution is 2.40. The summed E-state index contributed by atoms with van der Waals surface area (Å²) in [5.41, 5.74) is 2.79. The van der Waals surface area contributed by atoms with Gasteiger partial charge in [0, 0.05) is 5.56 Å². The third-order valence-corrected chi connectivity index (χ3v) is 5.09. The number of hydrogen-bond donors (Lipinski definition) is 2. The quantitative estimate of drug-likeness (QED) is 0.414. The number of amides is 2. The minimum Gasteiger partial charge on any atom is -0.508 e. The number of ether oxygens (including phenoxy) is 1. The predicted octanol–water partition coefficient (Wildman–Crippen LogP) is 3.35. The van der Waals surface area contributed by atoms with Crippen molar-refractivity contribution in [2.75, 3.05) is 6.61 Å². The first-order valence-electron chi connectivity index (χ1n) is 7.48. The highest BCUT2D eigenvalue weighted by molar-refractivity contribution is 6.42. The molecule has 11 heteroatoms. The first kappa shape index (κ1) is 19.8. The van der Waals surface area contributed by atoms with E-state index in [0.717, 1.165) is 5.01 Å². The van der Waals surface area contributed by atoms with E-state index >= 15 is 0 Å². The monoisotopic (exact) mass is 449 g/mol. The summed E-state index contributed by atoms with van der Waals surface area (Å²) in [5, 5.41) is 10.3. The van der Waals surface area contributed by atoms with Crippen molar-refractivity contribution in [2.45, 2.75) is 11.4 Å².